The molecule has 1 aliphatic rings. The Labute approximate surface area is 127 Å². The van der Waals surface area contributed by atoms with Crippen molar-refractivity contribution in [3.05, 3.63) is 41.5 Å². The predicted octanol–water partition coefficient (Wildman–Crippen LogP) is 2.08. The number of carbonyl (C=O) groups is 1. The second kappa shape index (κ2) is 5.73. The first-order chi connectivity index (χ1) is 10.2. The van der Waals surface area contributed by atoms with Crippen molar-refractivity contribution in [2.75, 3.05) is 30.8 Å². The summed E-state index contributed by atoms with van der Waals surface area (Å²) < 4.78 is 4.14. The van der Waals surface area contributed by atoms with Crippen molar-refractivity contribution < 1.29 is 4.79 Å². The number of rotatable bonds is 3. The van der Waals surface area contributed by atoms with Gasteiger partial charge in [-0.2, -0.15) is 4.37 Å². The van der Waals surface area contributed by atoms with Crippen LogP contribution in [0.3, 0.4) is 0 Å². The van der Waals surface area contributed by atoms with E-state index in [1.165, 1.54) is 17.1 Å². The third-order valence-corrected chi connectivity index (χ3v) is 4.82. The molecule has 1 saturated heterocycles. The van der Waals surface area contributed by atoms with Crippen molar-refractivity contribution in [1.29, 1.82) is 0 Å². The van der Waals surface area contributed by atoms with E-state index in [1.807, 2.05) is 6.07 Å². The molecule has 1 amide bonds. The van der Waals surface area contributed by atoms with Crippen LogP contribution < -0.4 is 16.0 Å². The fraction of sp³-hybridized carbons (Fsp3) is 0.333. The Balaban J connectivity index is 1.82. The number of nitrogens with two attached hydrogens (primary N) is 1. The van der Waals surface area contributed by atoms with E-state index in [0.717, 1.165) is 24.5 Å². The van der Waals surface area contributed by atoms with E-state index < -0.39 is 0 Å². The van der Waals surface area contributed by atoms with E-state index in [1.54, 1.807) is 7.05 Å². The number of aromatic nitrogens is 1. The van der Waals surface area contributed by atoms with Crippen LogP contribution in [0.25, 0.3) is 0 Å². The molecule has 2 aromatic rings. The zero-order valence-corrected chi connectivity index (χ0v) is 12.7. The van der Waals surface area contributed by atoms with Gasteiger partial charge in [-0.1, -0.05) is 30.3 Å². The molecule has 0 aliphatic carbocycles. The normalized spacial score (nSPS) is 18.0. The number of nitrogens with one attached hydrogen (secondary N) is 1. The minimum Gasteiger partial charge on any atom is -0.382 e. The second-order valence-electron chi connectivity index (χ2n) is 5.17. The first-order valence-corrected chi connectivity index (χ1v) is 7.75. The smallest absolute Gasteiger partial charge is 0.257 e. The monoisotopic (exact) mass is 302 g/mol. The molecular formula is C15H18N4OS. The van der Waals surface area contributed by atoms with Gasteiger partial charge in [0.05, 0.1) is 0 Å². The molecule has 1 aliphatic heterocycles. The second-order valence-corrected chi connectivity index (χ2v) is 5.92. The fourth-order valence-electron chi connectivity index (χ4n) is 2.79. The van der Waals surface area contributed by atoms with Crippen LogP contribution in [0.5, 0.6) is 0 Å². The van der Waals surface area contributed by atoms with Gasteiger partial charge in [0.2, 0.25) is 0 Å². The summed E-state index contributed by atoms with van der Waals surface area (Å²) >= 11 is 1.30. The van der Waals surface area contributed by atoms with Gasteiger partial charge in [-0.3, -0.25) is 4.79 Å². The Morgan fingerprint density at radius 3 is 2.90 bits per heavy atom. The zero-order chi connectivity index (χ0) is 14.8. The average molecular weight is 302 g/mol. The Hall–Kier alpha value is -2.08. The maximum absolute atomic E-state index is 12.0. The van der Waals surface area contributed by atoms with E-state index in [0.29, 0.717) is 17.3 Å². The predicted molar refractivity (Wildman–Crippen MR) is 85.9 cm³/mol. The zero-order valence-electron chi connectivity index (χ0n) is 11.9. The summed E-state index contributed by atoms with van der Waals surface area (Å²) in [4.78, 5) is 14.2. The Morgan fingerprint density at radius 1 is 1.43 bits per heavy atom. The molecule has 3 N–H and O–H groups in total. The van der Waals surface area contributed by atoms with Crippen LogP contribution >= 0.6 is 11.5 Å². The number of nitrogen functional groups attached to an aromatic ring is 1. The Bertz CT molecular complexity index is 640. The highest BCUT2D eigenvalue weighted by Crippen LogP contribution is 2.36. The molecule has 1 aromatic heterocycles. The summed E-state index contributed by atoms with van der Waals surface area (Å²) in [6.07, 6.45) is 1.08. The molecule has 0 bridgehead atoms. The highest BCUT2D eigenvalue weighted by molar-refractivity contribution is 7.11. The molecule has 1 atom stereocenters. The number of anilines is 2. The molecule has 0 spiro atoms. The minimum absolute atomic E-state index is 0.167. The van der Waals surface area contributed by atoms with Crippen LogP contribution in [0, 0.1) is 0 Å². The van der Waals surface area contributed by atoms with Gasteiger partial charge in [0.15, 0.2) is 5.82 Å². The number of amides is 1. The lowest BCUT2D eigenvalue weighted by molar-refractivity contribution is 0.0964. The topological polar surface area (TPSA) is 71.2 Å². The highest BCUT2D eigenvalue weighted by Gasteiger charge is 2.29. The van der Waals surface area contributed by atoms with Gasteiger partial charge in [-0.25, -0.2) is 0 Å². The molecule has 5 nitrogen and oxygen atoms in total. The average Bonchev–Trinajstić information content (AvgIpc) is 3.14. The lowest BCUT2D eigenvalue weighted by Crippen LogP contribution is -2.24. The van der Waals surface area contributed by atoms with Gasteiger partial charge in [0.1, 0.15) is 10.6 Å². The largest absolute Gasteiger partial charge is 0.382 e. The van der Waals surface area contributed by atoms with Gasteiger partial charge in [-0.05, 0) is 23.5 Å². The van der Waals surface area contributed by atoms with Crippen LogP contribution in [0.4, 0.5) is 10.8 Å². The molecule has 1 unspecified atom stereocenters. The van der Waals surface area contributed by atoms with Crippen LogP contribution in [0.2, 0.25) is 0 Å². The van der Waals surface area contributed by atoms with E-state index >= 15 is 0 Å². The number of carbonyl (C=O) groups excluding carboxylic acids is 1. The molecule has 6 heteroatoms. The molecule has 0 saturated carbocycles. The maximum atomic E-state index is 12.0. The van der Waals surface area contributed by atoms with Crippen LogP contribution in [-0.4, -0.2) is 30.4 Å². The summed E-state index contributed by atoms with van der Waals surface area (Å²) in [5.41, 5.74) is 7.70. The number of benzene rings is 1. The highest BCUT2D eigenvalue weighted by atomic mass is 32.1. The van der Waals surface area contributed by atoms with E-state index in [9.17, 15) is 4.79 Å². The van der Waals surface area contributed by atoms with Crippen LogP contribution in [0.1, 0.15) is 28.3 Å². The van der Waals surface area contributed by atoms with E-state index in [2.05, 4.69) is 38.9 Å². The summed E-state index contributed by atoms with van der Waals surface area (Å²) in [5.74, 6) is 0.643. The third-order valence-electron chi connectivity index (χ3n) is 3.90. The fourth-order valence-corrected chi connectivity index (χ4v) is 3.64. The van der Waals surface area contributed by atoms with Gasteiger partial charge >= 0.3 is 0 Å². The van der Waals surface area contributed by atoms with Crippen molar-refractivity contribution >= 4 is 28.3 Å². The van der Waals surface area contributed by atoms with Crippen molar-refractivity contribution in [2.45, 2.75) is 12.3 Å². The molecule has 3 rings (SSSR count). The summed E-state index contributed by atoms with van der Waals surface area (Å²) in [6, 6.07) is 10.5. The standard InChI is InChI=1S/C15H18N4OS/c1-17-14(20)12-13(16)18-21-15(12)19-8-7-11(9-19)10-5-3-2-4-6-10/h2-6,11H,7-9H2,1H3,(H2,16,18)(H,17,20). The lowest BCUT2D eigenvalue weighted by Gasteiger charge is -2.17. The van der Waals surface area contributed by atoms with Gasteiger partial charge < -0.3 is 16.0 Å². The van der Waals surface area contributed by atoms with Crippen molar-refractivity contribution in [1.82, 2.24) is 9.69 Å². The summed E-state index contributed by atoms with van der Waals surface area (Å²) in [5, 5.41) is 3.52. The van der Waals surface area contributed by atoms with Crippen LogP contribution in [-0.2, 0) is 0 Å². The minimum atomic E-state index is -0.167. The molecule has 1 aromatic carbocycles. The Morgan fingerprint density at radius 2 is 2.19 bits per heavy atom. The quantitative estimate of drug-likeness (QED) is 0.910. The number of nitrogens with zero attached hydrogens (tertiary/aromatic N) is 2. The first-order valence-electron chi connectivity index (χ1n) is 6.98. The maximum Gasteiger partial charge on any atom is 0.257 e. The number of hydrogen-bond donors (Lipinski definition) is 2. The van der Waals surface area contributed by atoms with Crippen molar-refractivity contribution in [3.8, 4) is 0 Å². The third kappa shape index (κ3) is 2.58. The van der Waals surface area contributed by atoms with Crippen LogP contribution in [0.15, 0.2) is 30.3 Å². The molecule has 2 heterocycles. The molecule has 0 radical (unpaired) electrons. The summed E-state index contributed by atoms with van der Waals surface area (Å²) in [6.45, 7) is 1.82. The van der Waals surface area contributed by atoms with Gasteiger partial charge in [-0.15, -0.1) is 0 Å². The Kier molecular flexibility index (Phi) is 3.79. The molecule has 110 valence electrons. The summed E-state index contributed by atoms with van der Waals surface area (Å²) in [7, 11) is 1.61. The molecule has 1 fully saturated rings. The lowest BCUT2D eigenvalue weighted by atomic mass is 9.99. The van der Waals surface area contributed by atoms with E-state index in [-0.39, 0.29) is 5.91 Å². The number of hydrogen-bond acceptors (Lipinski definition) is 5. The van der Waals surface area contributed by atoms with Gasteiger partial charge in [0, 0.05) is 26.1 Å². The SMILES string of the molecule is CNC(=O)c1c(N)nsc1N1CCC(c2ccccc2)C1. The van der Waals surface area contributed by atoms with Crippen molar-refractivity contribution in [3.63, 3.8) is 0 Å². The van der Waals surface area contributed by atoms with Gasteiger partial charge in [0.25, 0.3) is 5.91 Å². The molecular weight excluding hydrogens is 284 g/mol. The van der Waals surface area contributed by atoms with Crippen molar-refractivity contribution in [2.24, 2.45) is 0 Å². The molecule has 21 heavy (non-hydrogen) atoms. The van der Waals surface area contributed by atoms with E-state index in [4.69, 9.17) is 5.73 Å². The first kappa shape index (κ1) is 13.9.